The number of carbonyl (C=O) groups is 1. The van der Waals surface area contributed by atoms with Gasteiger partial charge in [0, 0.05) is 24.1 Å². The van der Waals surface area contributed by atoms with Gasteiger partial charge in [0.1, 0.15) is 11.5 Å². The second-order valence-electron chi connectivity index (χ2n) is 6.26. The molecule has 0 radical (unpaired) electrons. The molecule has 0 aliphatic rings. The number of nitrogens with zero attached hydrogens (tertiary/aromatic N) is 2. The maximum Gasteiger partial charge on any atom is 0.291 e. The van der Waals surface area contributed by atoms with E-state index in [1.807, 2.05) is 38.1 Å². The van der Waals surface area contributed by atoms with Gasteiger partial charge in [0.15, 0.2) is 5.82 Å². The number of fused-ring (bicyclic) bond motifs is 1. The fraction of sp³-hybridized carbons (Fsp3) is 0.0952. The number of anilines is 1. The number of carbonyl (C=O) groups excluding carboxylic acids is 1. The summed E-state index contributed by atoms with van der Waals surface area (Å²) in [6, 6.07) is 14.7. The lowest BCUT2D eigenvalue weighted by Gasteiger charge is -2.08. The highest BCUT2D eigenvalue weighted by Gasteiger charge is 2.14. The number of nitrogens with one attached hydrogen (secondary N) is 2. The van der Waals surface area contributed by atoms with E-state index >= 15 is 0 Å². The summed E-state index contributed by atoms with van der Waals surface area (Å²) in [6.45, 7) is 4.03. The van der Waals surface area contributed by atoms with Crippen LogP contribution in [0.1, 0.15) is 21.7 Å². The number of amides is 1. The number of aryl methyl sites for hydroxylation is 2. The Kier molecular flexibility index (Phi) is 4.30. The smallest absolute Gasteiger partial charge is 0.291 e. The van der Waals surface area contributed by atoms with Crippen molar-refractivity contribution >= 4 is 22.6 Å². The Morgan fingerprint density at radius 3 is 2.67 bits per heavy atom. The van der Waals surface area contributed by atoms with Crippen LogP contribution in [0.15, 0.2) is 60.9 Å². The number of hydrogen-bond donors (Lipinski definition) is 2. The molecule has 0 fully saturated rings. The molecule has 0 aliphatic carbocycles. The summed E-state index contributed by atoms with van der Waals surface area (Å²) >= 11 is 0. The van der Waals surface area contributed by atoms with Crippen LogP contribution < -0.4 is 10.1 Å². The lowest BCUT2D eigenvalue weighted by atomic mass is 10.1. The van der Waals surface area contributed by atoms with Crippen LogP contribution in [0.2, 0.25) is 0 Å². The first-order valence-corrected chi connectivity index (χ1v) is 8.55. The standard InChI is InChI=1S/C21H18N4O2/c1-13-6-7-18-19(14(13)2)25-20(24-18)21(26)23-15-4-3-5-17(12-15)27-16-8-10-22-11-9-16/h3-12H,1-2H3,(H,23,26)(H,24,25). The first kappa shape index (κ1) is 16.8. The van der Waals surface area contributed by atoms with Crippen molar-refractivity contribution in [1.29, 1.82) is 0 Å². The SMILES string of the molecule is Cc1ccc2[nH]c(C(=O)Nc3cccc(Oc4ccncc4)c3)nc2c1C. The molecule has 0 bridgehead atoms. The molecule has 2 heterocycles. The van der Waals surface area contributed by atoms with E-state index in [1.165, 1.54) is 0 Å². The number of rotatable bonds is 4. The predicted molar refractivity (Wildman–Crippen MR) is 104 cm³/mol. The number of benzene rings is 2. The second-order valence-corrected chi connectivity index (χ2v) is 6.26. The molecule has 2 aromatic heterocycles. The molecule has 1 amide bonds. The van der Waals surface area contributed by atoms with Gasteiger partial charge in [-0.15, -0.1) is 0 Å². The van der Waals surface area contributed by atoms with E-state index in [-0.39, 0.29) is 11.7 Å². The Balaban J connectivity index is 1.54. The van der Waals surface area contributed by atoms with Gasteiger partial charge in [-0.2, -0.15) is 0 Å². The van der Waals surface area contributed by atoms with Crippen LogP contribution in [0.25, 0.3) is 11.0 Å². The Morgan fingerprint density at radius 1 is 1.04 bits per heavy atom. The zero-order chi connectivity index (χ0) is 18.8. The largest absolute Gasteiger partial charge is 0.457 e. The third kappa shape index (κ3) is 3.50. The normalized spacial score (nSPS) is 10.7. The molecule has 27 heavy (non-hydrogen) atoms. The van der Waals surface area contributed by atoms with Crippen LogP contribution in [0.5, 0.6) is 11.5 Å². The fourth-order valence-corrected chi connectivity index (χ4v) is 2.79. The van der Waals surface area contributed by atoms with Gasteiger partial charge in [-0.05, 0) is 55.3 Å². The summed E-state index contributed by atoms with van der Waals surface area (Å²) < 4.78 is 5.77. The van der Waals surface area contributed by atoms with Crippen molar-refractivity contribution in [2.75, 3.05) is 5.32 Å². The molecule has 0 saturated heterocycles. The van der Waals surface area contributed by atoms with Crippen LogP contribution in [0.4, 0.5) is 5.69 Å². The minimum Gasteiger partial charge on any atom is -0.457 e. The maximum absolute atomic E-state index is 12.6. The van der Waals surface area contributed by atoms with Crippen LogP contribution in [0.3, 0.4) is 0 Å². The monoisotopic (exact) mass is 358 g/mol. The van der Waals surface area contributed by atoms with Crippen LogP contribution in [-0.4, -0.2) is 20.9 Å². The van der Waals surface area contributed by atoms with Crippen LogP contribution >= 0.6 is 0 Å². The van der Waals surface area contributed by atoms with E-state index < -0.39 is 0 Å². The third-order valence-corrected chi connectivity index (χ3v) is 4.37. The zero-order valence-electron chi connectivity index (χ0n) is 15.0. The molecule has 0 saturated carbocycles. The highest BCUT2D eigenvalue weighted by Crippen LogP contribution is 2.24. The van der Waals surface area contributed by atoms with Gasteiger partial charge in [0.25, 0.3) is 5.91 Å². The fourth-order valence-electron chi connectivity index (χ4n) is 2.79. The van der Waals surface area contributed by atoms with Crippen molar-refractivity contribution in [2.24, 2.45) is 0 Å². The van der Waals surface area contributed by atoms with Gasteiger partial charge in [-0.1, -0.05) is 12.1 Å². The van der Waals surface area contributed by atoms with E-state index in [0.29, 0.717) is 17.2 Å². The summed E-state index contributed by atoms with van der Waals surface area (Å²) in [5, 5.41) is 2.85. The van der Waals surface area contributed by atoms with Crippen molar-refractivity contribution in [3.63, 3.8) is 0 Å². The van der Waals surface area contributed by atoms with Gasteiger partial charge >= 0.3 is 0 Å². The van der Waals surface area contributed by atoms with Crippen molar-refractivity contribution in [2.45, 2.75) is 13.8 Å². The zero-order valence-corrected chi connectivity index (χ0v) is 15.0. The Labute approximate surface area is 156 Å². The quantitative estimate of drug-likeness (QED) is 0.558. The highest BCUT2D eigenvalue weighted by atomic mass is 16.5. The lowest BCUT2D eigenvalue weighted by Crippen LogP contribution is -2.13. The molecule has 0 unspecified atom stereocenters. The average Bonchev–Trinajstić information content (AvgIpc) is 3.11. The Bertz CT molecular complexity index is 1120. The van der Waals surface area contributed by atoms with Crippen molar-refractivity contribution in [3.05, 3.63) is 77.9 Å². The van der Waals surface area contributed by atoms with Gasteiger partial charge < -0.3 is 15.0 Å². The highest BCUT2D eigenvalue weighted by molar-refractivity contribution is 6.03. The van der Waals surface area contributed by atoms with Crippen LogP contribution in [-0.2, 0) is 0 Å². The first-order valence-electron chi connectivity index (χ1n) is 8.55. The first-order chi connectivity index (χ1) is 13.1. The number of hydrogen-bond acceptors (Lipinski definition) is 4. The van der Waals surface area contributed by atoms with E-state index in [1.54, 1.807) is 36.7 Å². The third-order valence-electron chi connectivity index (χ3n) is 4.37. The summed E-state index contributed by atoms with van der Waals surface area (Å²) in [5.41, 5.74) is 4.49. The molecule has 2 N–H and O–H groups in total. The van der Waals surface area contributed by atoms with Gasteiger partial charge in [0.05, 0.1) is 11.0 Å². The van der Waals surface area contributed by atoms with Crippen molar-refractivity contribution in [3.8, 4) is 11.5 Å². The minimum atomic E-state index is -0.302. The summed E-state index contributed by atoms with van der Waals surface area (Å²) in [7, 11) is 0. The topological polar surface area (TPSA) is 79.9 Å². The minimum absolute atomic E-state index is 0.277. The van der Waals surface area contributed by atoms with Gasteiger partial charge in [0.2, 0.25) is 0 Å². The molecular weight excluding hydrogens is 340 g/mol. The number of ether oxygens (including phenoxy) is 1. The number of aromatic amines is 1. The molecule has 0 spiro atoms. The van der Waals surface area contributed by atoms with Crippen LogP contribution in [0, 0.1) is 13.8 Å². The predicted octanol–water partition coefficient (Wildman–Crippen LogP) is 4.62. The van der Waals surface area contributed by atoms with E-state index in [4.69, 9.17) is 4.74 Å². The Morgan fingerprint density at radius 2 is 1.85 bits per heavy atom. The molecule has 134 valence electrons. The molecular formula is C21H18N4O2. The molecule has 0 atom stereocenters. The molecule has 2 aromatic carbocycles. The number of H-pyrrole nitrogens is 1. The maximum atomic E-state index is 12.6. The lowest BCUT2D eigenvalue weighted by molar-refractivity contribution is 0.101. The van der Waals surface area contributed by atoms with E-state index in [9.17, 15) is 4.79 Å². The molecule has 6 heteroatoms. The second kappa shape index (κ2) is 6.92. The Hall–Kier alpha value is -3.67. The molecule has 4 aromatic rings. The average molecular weight is 358 g/mol. The molecule has 6 nitrogen and oxygen atoms in total. The van der Waals surface area contributed by atoms with E-state index in [0.717, 1.165) is 22.2 Å². The van der Waals surface area contributed by atoms with E-state index in [2.05, 4.69) is 20.3 Å². The van der Waals surface area contributed by atoms with Gasteiger partial charge in [-0.25, -0.2) is 4.98 Å². The van der Waals surface area contributed by atoms with Crippen molar-refractivity contribution in [1.82, 2.24) is 15.0 Å². The molecule has 0 aliphatic heterocycles. The summed E-state index contributed by atoms with van der Waals surface area (Å²) in [4.78, 5) is 24.1. The summed E-state index contributed by atoms with van der Waals surface area (Å²) in [6.07, 6.45) is 3.32. The van der Waals surface area contributed by atoms with Crippen molar-refractivity contribution < 1.29 is 9.53 Å². The summed E-state index contributed by atoms with van der Waals surface area (Å²) in [5.74, 6) is 1.27. The number of imidazole rings is 1. The molecule has 4 rings (SSSR count). The number of aromatic nitrogens is 3. The van der Waals surface area contributed by atoms with Gasteiger partial charge in [-0.3, -0.25) is 9.78 Å². The number of pyridine rings is 1.